The number of aromatic nitrogens is 2. The van der Waals surface area contributed by atoms with Crippen LogP contribution in [0.15, 0.2) is 6.20 Å². The molecule has 0 amide bonds. The lowest BCUT2D eigenvalue weighted by Gasteiger charge is -2.29. The largest absolute Gasteiger partial charge is 0.348 e. The van der Waals surface area contributed by atoms with Gasteiger partial charge in [0.05, 0.1) is 11.9 Å². The predicted octanol–water partition coefficient (Wildman–Crippen LogP) is 0.917. The molecule has 2 heterocycles. The fourth-order valence-electron chi connectivity index (χ4n) is 2.68. The number of nitrogens with one attached hydrogen (secondary N) is 1. The third kappa shape index (κ3) is 3.70. The molecule has 19 heavy (non-hydrogen) atoms. The normalized spacial score (nSPS) is 17.9. The van der Waals surface area contributed by atoms with Crippen molar-refractivity contribution < 1.29 is 0 Å². The fraction of sp³-hybridized carbons (Fsp3) is 0.786. The Morgan fingerprint density at radius 2 is 2.00 bits per heavy atom. The predicted molar refractivity (Wildman–Crippen MR) is 79.5 cm³/mol. The number of piperidine rings is 1. The third-order valence-electron chi connectivity index (χ3n) is 4.04. The maximum Gasteiger partial charge on any atom is 0.204 e. The van der Waals surface area contributed by atoms with E-state index in [9.17, 15) is 0 Å². The molecule has 108 valence electrons. The lowest BCUT2D eigenvalue weighted by Crippen LogP contribution is -2.35. The molecule has 1 fully saturated rings. The second-order valence-corrected chi connectivity index (χ2v) is 5.88. The summed E-state index contributed by atoms with van der Waals surface area (Å²) in [5, 5.41) is 3.58. The van der Waals surface area contributed by atoms with Crippen LogP contribution in [0.2, 0.25) is 0 Å². The highest BCUT2D eigenvalue weighted by atomic mass is 15.3. The van der Waals surface area contributed by atoms with Crippen LogP contribution < -0.4 is 10.2 Å². The van der Waals surface area contributed by atoms with E-state index in [-0.39, 0.29) is 0 Å². The van der Waals surface area contributed by atoms with Gasteiger partial charge >= 0.3 is 0 Å². The molecule has 0 spiro atoms. The minimum atomic E-state index is 0.831. The van der Waals surface area contributed by atoms with Crippen molar-refractivity contribution in [2.45, 2.75) is 19.4 Å². The Morgan fingerprint density at radius 3 is 2.58 bits per heavy atom. The van der Waals surface area contributed by atoms with Gasteiger partial charge in [0, 0.05) is 27.7 Å². The minimum Gasteiger partial charge on any atom is -0.348 e. The van der Waals surface area contributed by atoms with Crippen molar-refractivity contribution in [1.29, 1.82) is 0 Å². The van der Waals surface area contributed by atoms with Crippen LogP contribution in [-0.4, -0.2) is 55.2 Å². The average molecular weight is 265 g/mol. The maximum absolute atomic E-state index is 4.43. The van der Waals surface area contributed by atoms with Gasteiger partial charge in [0.15, 0.2) is 0 Å². The van der Waals surface area contributed by atoms with Gasteiger partial charge in [-0.2, -0.15) is 0 Å². The Morgan fingerprint density at radius 1 is 1.32 bits per heavy atom. The molecule has 5 heteroatoms. The van der Waals surface area contributed by atoms with Crippen LogP contribution in [0.25, 0.3) is 0 Å². The molecular formula is C14H27N5. The summed E-state index contributed by atoms with van der Waals surface area (Å²) >= 11 is 0. The number of anilines is 1. The molecule has 1 saturated heterocycles. The number of nitrogens with zero attached hydrogens (tertiary/aromatic N) is 4. The summed E-state index contributed by atoms with van der Waals surface area (Å²) in [7, 11) is 8.34. The second kappa shape index (κ2) is 6.39. The van der Waals surface area contributed by atoms with Gasteiger partial charge in [0.2, 0.25) is 5.95 Å². The molecular weight excluding hydrogens is 238 g/mol. The first-order valence-electron chi connectivity index (χ1n) is 7.15. The maximum atomic E-state index is 4.43. The lowest BCUT2D eigenvalue weighted by atomic mass is 9.97. The highest BCUT2D eigenvalue weighted by Gasteiger charge is 2.16. The molecule has 0 atom stereocenters. The Bertz CT molecular complexity index is 391. The van der Waals surface area contributed by atoms with E-state index in [1.165, 1.54) is 31.6 Å². The molecule has 0 radical (unpaired) electrons. The van der Waals surface area contributed by atoms with E-state index in [4.69, 9.17) is 0 Å². The van der Waals surface area contributed by atoms with Crippen molar-refractivity contribution in [3.8, 4) is 0 Å². The number of imidazole rings is 1. The van der Waals surface area contributed by atoms with Gasteiger partial charge in [-0.1, -0.05) is 0 Å². The van der Waals surface area contributed by atoms with Gasteiger partial charge in [0.1, 0.15) is 0 Å². The second-order valence-electron chi connectivity index (χ2n) is 5.88. The van der Waals surface area contributed by atoms with E-state index in [1.807, 2.05) is 25.2 Å². The molecule has 0 aliphatic carbocycles. The molecule has 1 aliphatic heterocycles. The summed E-state index contributed by atoms with van der Waals surface area (Å²) < 4.78 is 2.15. The van der Waals surface area contributed by atoms with Crippen molar-refractivity contribution in [2.75, 3.05) is 45.7 Å². The standard InChI is InChI=1S/C14H27N5/c1-17(2)14-16-11-13(19(14)4)10-15-9-12-5-7-18(3)8-6-12/h11-12,15H,5-10H2,1-4H3. The fourth-order valence-corrected chi connectivity index (χ4v) is 2.68. The first kappa shape index (κ1) is 14.3. The summed E-state index contributed by atoms with van der Waals surface area (Å²) in [4.78, 5) is 8.89. The van der Waals surface area contributed by atoms with Crippen LogP contribution >= 0.6 is 0 Å². The number of hydrogen-bond acceptors (Lipinski definition) is 4. The Kier molecular flexibility index (Phi) is 4.82. The minimum absolute atomic E-state index is 0.831. The van der Waals surface area contributed by atoms with E-state index in [0.29, 0.717) is 0 Å². The van der Waals surface area contributed by atoms with Gasteiger partial charge < -0.3 is 19.7 Å². The van der Waals surface area contributed by atoms with Crippen LogP contribution in [0.5, 0.6) is 0 Å². The van der Waals surface area contributed by atoms with Crippen LogP contribution in [0.1, 0.15) is 18.5 Å². The summed E-state index contributed by atoms with van der Waals surface area (Å²) in [6.07, 6.45) is 4.60. The van der Waals surface area contributed by atoms with Crippen LogP contribution in [0.4, 0.5) is 5.95 Å². The molecule has 5 nitrogen and oxygen atoms in total. The first-order chi connectivity index (χ1) is 9.08. The van der Waals surface area contributed by atoms with Crippen molar-refractivity contribution in [2.24, 2.45) is 13.0 Å². The number of hydrogen-bond donors (Lipinski definition) is 1. The van der Waals surface area contributed by atoms with E-state index in [1.54, 1.807) is 0 Å². The molecule has 1 aliphatic rings. The zero-order chi connectivity index (χ0) is 13.8. The molecule has 1 N–H and O–H groups in total. The van der Waals surface area contributed by atoms with Crippen molar-refractivity contribution in [3.05, 3.63) is 11.9 Å². The van der Waals surface area contributed by atoms with Crippen molar-refractivity contribution in [3.63, 3.8) is 0 Å². The summed E-state index contributed by atoms with van der Waals surface area (Å²) in [6.45, 7) is 4.51. The smallest absolute Gasteiger partial charge is 0.204 e. The van der Waals surface area contributed by atoms with Crippen molar-refractivity contribution in [1.82, 2.24) is 19.8 Å². The van der Waals surface area contributed by atoms with E-state index < -0.39 is 0 Å². The van der Waals surface area contributed by atoms with E-state index in [0.717, 1.165) is 25.0 Å². The van der Waals surface area contributed by atoms with Gasteiger partial charge in [-0.25, -0.2) is 4.98 Å². The quantitative estimate of drug-likeness (QED) is 0.859. The van der Waals surface area contributed by atoms with Gasteiger partial charge in [0.25, 0.3) is 0 Å². The van der Waals surface area contributed by atoms with E-state index >= 15 is 0 Å². The Labute approximate surface area is 116 Å². The molecule has 0 bridgehead atoms. The van der Waals surface area contributed by atoms with Crippen LogP contribution in [0, 0.1) is 5.92 Å². The summed E-state index contributed by atoms with van der Waals surface area (Å²) in [5.74, 6) is 1.84. The first-order valence-corrected chi connectivity index (χ1v) is 7.15. The molecule has 2 rings (SSSR count). The summed E-state index contributed by atoms with van der Waals surface area (Å²) in [5.41, 5.74) is 1.25. The van der Waals surface area contributed by atoms with Gasteiger partial charge in [-0.3, -0.25) is 0 Å². The van der Waals surface area contributed by atoms with E-state index in [2.05, 4.69) is 33.9 Å². The number of likely N-dealkylation sites (tertiary alicyclic amines) is 1. The average Bonchev–Trinajstić information content (AvgIpc) is 2.74. The van der Waals surface area contributed by atoms with Crippen LogP contribution in [0.3, 0.4) is 0 Å². The SMILES string of the molecule is CN1CCC(CNCc2cnc(N(C)C)n2C)CC1. The third-order valence-corrected chi connectivity index (χ3v) is 4.04. The van der Waals surface area contributed by atoms with Gasteiger partial charge in [-0.15, -0.1) is 0 Å². The molecule has 1 aromatic heterocycles. The number of rotatable bonds is 5. The highest BCUT2D eigenvalue weighted by Crippen LogP contribution is 2.15. The molecule has 0 aromatic carbocycles. The molecule has 1 aromatic rings. The lowest BCUT2D eigenvalue weighted by molar-refractivity contribution is 0.215. The molecule has 0 unspecified atom stereocenters. The van der Waals surface area contributed by atoms with Gasteiger partial charge in [-0.05, 0) is 45.4 Å². The topological polar surface area (TPSA) is 36.3 Å². The summed E-state index contributed by atoms with van der Waals surface area (Å²) in [6, 6.07) is 0. The Hall–Kier alpha value is -1.07. The Balaban J connectivity index is 1.77. The molecule has 0 saturated carbocycles. The highest BCUT2D eigenvalue weighted by molar-refractivity contribution is 5.30. The van der Waals surface area contributed by atoms with Crippen LogP contribution in [-0.2, 0) is 13.6 Å². The zero-order valence-corrected chi connectivity index (χ0v) is 12.7. The zero-order valence-electron chi connectivity index (χ0n) is 12.7. The van der Waals surface area contributed by atoms with Crippen molar-refractivity contribution >= 4 is 5.95 Å². The monoisotopic (exact) mass is 265 g/mol.